The van der Waals surface area contributed by atoms with Crippen LogP contribution in [-0.4, -0.2) is 24.2 Å². The molecule has 0 amide bonds. The van der Waals surface area contributed by atoms with Crippen LogP contribution in [0, 0.1) is 11.3 Å². The van der Waals surface area contributed by atoms with Gasteiger partial charge in [-0.25, -0.2) is 4.79 Å². The van der Waals surface area contributed by atoms with Gasteiger partial charge in [-0.05, 0) is 30.6 Å². The van der Waals surface area contributed by atoms with Crippen molar-refractivity contribution in [2.24, 2.45) is 11.3 Å². The van der Waals surface area contributed by atoms with E-state index >= 15 is 0 Å². The van der Waals surface area contributed by atoms with E-state index in [1.165, 1.54) is 32.1 Å². The summed E-state index contributed by atoms with van der Waals surface area (Å²) in [5.41, 5.74) is 0.648. The Kier molecular flexibility index (Phi) is 5.19. The van der Waals surface area contributed by atoms with Crippen LogP contribution in [0.2, 0.25) is 0 Å². The Morgan fingerprint density at radius 2 is 2.00 bits per heavy atom. The monoisotopic (exact) mass is 239 g/mol. The maximum Gasteiger partial charge on any atom is 0.332 e. The molecule has 0 heterocycles. The average molecular weight is 239 g/mol. The number of aliphatic carboxylic acids is 1. The van der Waals surface area contributed by atoms with E-state index in [2.05, 4.69) is 25.7 Å². The molecule has 1 aliphatic rings. The maximum atomic E-state index is 10.6. The van der Waals surface area contributed by atoms with Crippen LogP contribution in [0.5, 0.6) is 0 Å². The van der Waals surface area contributed by atoms with Gasteiger partial charge in [-0.2, -0.15) is 0 Å². The van der Waals surface area contributed by atoms with Gasteiger partial charge in [0, 0.05) is 18.7 Å². The predicted molar refractivity (Wildman–Crippen MR) is 70.0 cm³/mol. The molecular weight excluding hydrogens is 214 g/mol. The molecule has 0 aromatic heterocycles. The zero-order chi connectivity index (χ0) is 12.9. The highest BCUT2D eigenvalue weighted by Gasteiger charge is 2.33. The highest BCUT2D eigenvalue weighted by atomic mass is 16.4. The Balaban J connectivity index is 2.40. The van der Waals surface area contributed by atoms with Gasteiger partial charge >= 0.3 is 5.97 Å². The van der Waals surface area contributed by atoms with Crippen molar-refractivity contribution in [1.82, 2.24) is 5.32 Å². The number of nitrogens with one attached hydrogen (secondary N) is 1. The Morgan fingerprint density at radius 1 is 1.41 bits per heavy atom. The maximum absolute atomic E-state index is 10.6. The summed E-state index contributed by atoms with van der Waals surface area (Å²) >= 11 is 0. The molecule has 0 radical (unpaired) electrons. The van der Waals surface area contributed by atoms with Crippen LogP contribution in [0.1, 0.15) is 46.0 Å². The normalized spacial score (nSPS) is 18.5. The summed E-state index contributed by atoms with van der Waals surface area (Å²) in [5, 5.41) is 12.0. The largest absolute Gasteiger partial charge is 0.478 e. The number of carbonyl (C=O) groups is 1. The number of carboxylic acid groups (broad SMARTS) is 1. The topological polar surface area (TPSA) is 49.3 Å². The van der Waals surface area contributed by atoms with E-state index in [1.807, 2.05) is 0 Å². The van der Waals surface area contributed by atoms with E-state index in [4.69, 9.17) is 5.11 Å². The third-order valence-corrected chi connectivity index (χ3v) is 3.65. The smallest absolute Gasteiger partial charge is 0.332 e. The second kappa shape index (κ2) is 6.20. The molecule has 98 valence electrons. The first-order chi connectivity index (χ1) is 7.95. The van der Waals surface area contributed by atoms with Gasteiger partial charge in [0.2, 0.25) is 0 Å². The summed E-state index contributed by atoms with van der Waals surface area (Å²) in [4.78, 5) is 10.6. The highest BCUT2D eigenvalue weighted by molar-refractivity contribution is 5.86. The van der Waals surface area contributed by atoms with Crippen molar-refractivity contribution in [3.8, 4) is 0 Å². The number of hydrogen-bond acceptors (Lipinski definition) is 2. The van der Waals surface area contributed by atoms with Gasteiger partial charge in [0.25, 0.3) is 0 Å². The molecule has 0 aromatic rings. The molecule has 3 heteroatoms. The lowest BCUT2D eigenvalue weighted by atomic mass is 9.78. The van der Waals surface area contributed by atoms with Crippen molar-refractivity contribution in [2.75, 3.05) is 13.1 Å². The molecule has 0 saturated heterocycles. The number of carboxylic acids is 1. The standard InChI is InChI=1S/C14H25NO2/c1-11(2)8-14(6-4-5-7-14)10-15-9-12(3)13(16)17/h11,15H,3-10H2,1-2H3,(H,16,17). The van der Waals surface area contributed by atoms with Crippen LogP contribution in [0.15, 0.2) is 12.2 Å². The zero-order valence-corrected chi connectivity index (χ0v) is 11.1. The van der Waals surface area contributed by atoms with Crippen molar-refractivity contribution in [2.45, 2.75) is 46.0 Å². The molecule has 0 bridgehead atoms. The molecule has 0 spiro atoms. The van der Waals surface area contributed by atoms with E-state index in [0.717, 1.165) is 6.54 Å². The van der Waals surface area contributed by atoms with Gasteiger partial charge < -0.3 is 10.4 Å². The van der Waals surface area contributed by atoms with Gasteiger partial charge in [0.15, 0.2) is 0 Å². The minimum atomic E-state index is -0.901. The lowest BCUT2D eigenvalue weighted by Gasteiger charge is -2.31. The van der Waals surface area contributed by atoms with Crippen molar-refractivity contribution in [3.63, 3.8) is 0 Å². The van der Waals surface area contributed by atoms with Crippen LogP contribution in [0.4, 0.5) is 0 Å². The Bertz CT molecular complexity index is 278. The number of hydrogen-bond donors (Lipinski definition) is 2. The Hall–Kier alpha value is -0.830. The summed E-state index contributed by atoms with van der Waals surface area (Å²) in [7, 11) is 0. The molecule has 1 aliphatic carbocycles. The molecule has 0 aliphatic heterocycles. The molecule has 1 rings (SSSR count). The van der Waals surface area contributed by atoms with Crippen molar-refractivity contribution < 1.29 is 9.90 Å². The van der Waals surface area contributed by atoms with Crippen LogP contribution in [0.25, 0.3) is 0 Å². The molecule has 0 unspecified atom stereocenters. The first-order valence-corrected chi connectivity index (χ1v) is 6.57. The lowest BCUT2D eigenvalue weighted by molar-refractivity contribution is -0.132. The van der Waals surface area contributed by atoms with Crippen LogP contribution in [-0.2, 0) is 4.79 Å². The van der Waals surface area contributed by atoms with E-state index in [9.17, 15) is 4.79 Å². The lowest BCUT2D eigenvalue weighted by Crippen LogP contribution is -2.35. The average Bonchev–Trinajstić information content (AvgIpc) is 2.65. The quantitative estimate of drug-likeness (QED) is 0.672. The first-order valence-electron chi connectivity index (χ1n) is 6.57. The SMILES string of the molecule is C=C(CNCC1(CC(C)C)CCCC1)C(=O)O. The van der Waals surface area contributed by atoms with Crippen molar-refractivity contribution >= 4 is 5.97 Å². The van der Waals surface area contributed by atoms with Gasteiger partial charge in [-0.1, -0.05) is 33.3 Å². The van der Waals surface area contributed by atoms with E-state index < -0.39 is 5.97 Å². The van der Waals surface area contributed by atoms with Gasteiger partial charge in [-0.3, -0.25) is 0 Å². The fourth-order valence-corrected chi connectivity index (χ4v) is 3.00. The fourth-order valence-electron chi connectivity index (χ4n) is 3.00. The van der Waals surface area contributed by atoms with E-state index in [1.54, 1.807) is 0 Å². The number of rotatable bonds is 7. The van der Waals surface area contributed by atoms with Crippen molar-refractivity contribution in [3.05, 3.63) is 12.2 Å². The minimum Gasteiger partial charge on any atom is -0.478 e. The first kappa shape index (κ1) is 14.2. The molecule has 1 fully saturated rings. The molecule has 0 aromatic carbocycles. The van der Waals surface area contributed by atoms with Gasteiger partial charge in [0.05, 0.1) is 0 Å². The second-order valence-electron chi connectivity index (χ2n) is 5.82. The zero-order valence-electron chi connectivity index (χ0n) is 11.1. The molecule has 1 saturated carbocycles. The third kappa shape index (κ3) is 4.50. The Labute approximate surface area is 104 Å². The minimum absolute atomic E-state index is 0.252. The summed E-state index contributed by atoms with van der Waals surface area (Å²) in [6.07, 6.45) is 6.41. The second-order valence-corrected chi connectivity index (χ2v) is 5.82. The van der Waals surface area contributed by atoms with Crippen molar-refractivity contribution in [1.29, 1.82) is 0 Å². The van der Waals surface area contributed by atoms with Crippen LogP contribution in [0.3, 0.4) is 0 Å². The molecule has 3 nitrogen and oxygen atoms in total. The fraction of sp³-hybridized carbons (Fsp3) is 0.786. The Morgan fingerprint density at radius 3 is 2.47 bits per heavy atom. The molecular formula is C14H25NO2. The van der Waals surface area contributed by atoms with E-state index in [-0.39, 0.29) is 5.57 Å². The predicted octanol–water partition coefficient (Wildman–Crippen LogP) is 2.82. The van der Waals surface area contributed by atoms with Crippen LogP contribution < -0.4 is 5.32 Å². The molecule has 0 atom stereocenters. The summed E-state index contributed by atoms with van der Waals surface area (Å²) in [5.74, 6) is -0.195. The molecule has 17 heavy (non-hydrogen) atoms. The van der Waals surface area contributed by atoms with Gasteiger partial charge in [-0.15, -0.1) is 0 Å². The summed E-state index contributed by atoms with van der Waals surface area (Å²) in [6, 6.07) is 0. The molecule has 2 N–H and O–H groups in total. The third-order valence-electron chi connectivity index (χ3n) is 3.65. The van der Waals surface area contributed by atoms with Crippen LogP contribution >= 0.6 is 0 Å². The van der Waals surface area contributed by atoms with Gasteiger partial charge in [0.1, 0.15) is 0 Å². The summed E-state index contributed by atoms with van der Waals surface area (Å²) in [6.45, 7) is 9.39. The summed E-state index contributed by atoms with van der Waals surface area (Å²) < 4.78 is 0. The van der Waals surface area contributed by atoms with E-state index in [0.29, 0.717) is 17.9 Å². The highest BCUT2D eigenvalue weighted by Crippen LogP contribution is 2.42.